The lowest BCUT2D eigenvalue weighted by Crippen LogP contribution is -2.28. The van der Waals surface area contributed by atoms with Gasteiger partial charge >= 0.3 is 5.69 Å². The van der Waals surface area contributed by atoms with Crippen LogP contribution in [0.15, 0.2) is 18.2 Å². The number of rotatable bonds is 5. The van der Waals surface area contributed by atoms with Crippen LogP contribution in [0.25, 0.3) is 0 Å². The summed E-state index contributed by atoms with van der Waals surface area (Å²) in [4.78, 5) is 22.6. The van der Waals surface area contributed by atoms with Crippen LogP contribution >= 0.6 is 0 Å². The standard InChI is InChI=1S/C15H16N4O5/c1-9-15(19(21)22)10(2)18(17-9)7-14(20)16-6-11-3-4-12-13(5-11)24-8-23-12/h3-5H,6-8H2,1-2H3,(H,16,20). The Kier molecular flexibility index (Phi) is 4.07. The molecule has 0 saturated heterocycles. The number of carbonyl (C=O) groups excluding carboxylic acids is 1. The van der Waals surface area contributed by atoms with Crippen molar-refractivity contribution in [3.63, 3.8) is 0 Å². The van der Waals surface area contributed by atoms with E-state index in [9.17, 15) is 14.9 Å². The molecule has 2 aromatic rings. The average molecular weight is 332 g/mol. The first-order valence-electron chi connectivity index (χ1n) is 7.29. The highest BCUT2D eigenvalue weighted by Crippen LogP contribution is 2.32. The Labute approximate surface area is 137 Å². The lowest BCUT2D eigenvalue weighted by atomic mass is 10.2. The molecule has 24 heavy (non-hydrogen) atoms. The first kappa shape index (κ1) is 15.8. The van der Waals surface area contributed by atoms with Gasteiger partial charge in [-0.25, -0.2) is 0 Å². The number of aromatic nitrogens is 2. The van der Waals surface area contributed by atoms with Crippen molar-refractivity contribution in [2.45, 2.75) is 26.9 Å². The van der Waals surface area contributed by atoms with Crippen LogP contribution in [-0.4, -0.2) is 27.4 Å². The highest BCUT2D eigenvalue weighted by atomic mass is 16.7. The molecule has 1 aliphatic heterocycles. The van der Waals surface area contributed by atoms with Gasteiger partial charge in [0.05, 0.1) is 4.92 Å². The van der Waals surface area contributed by atoms with Crippen LogP contribution < -0.4 is 14.8 Å². The maximum absolute atomic E-state index is 12.1. The van der Waals surface area contributed by atoms with Crippen molar-refractivity contribution in [3.8, 4) is 11.5 Å². The smallest absolute Gasteiger partial charge is 0.312 e. The second-order valence-electron chi connectivity index (χ2n) is 5.40. The van der Waals surface area contributed by atoms with Gasteiger partial charge in [-0.1, -0.05) is 6.07 Å². The number of nitrogens with zero attached hydrogens (tertiary/aromatic N) is 3. The maximum atomic E-state index is 12.1. The van der Waals surface area contributed by atoms with E-state index in [1.54, 1.807) is 26.0 Å². The van der Waals surface area contributed by atoms with Gasteiger partial charge in [0.25, 0.3) is 0 Å². The minimum absolute atomic E-state index is 0.0569. The van der Waals surface area contributed by atoms with Crippen molar-refractivity contribution in [1.82, 2.24) is 15.1 Å². The van der Waals surface area contributed by atoms with Gasteiger partial charge in [-0.15, -0.1) is 0 Å². The zero-order valence-electron chi connectivity index (χ0n) is 13.2. The molecule has 1 N–H and O–H groups in total. The molecule has 0 bridgehead atoms. The number of ether oxygens (including phenoxy) is 2. The van der Waals surface area contributed by atoms with Gasteiger partial charge in [-0.05, 0) is 31.5 Å². The fourth-order valence-electron chi connectivity index (χ4n) is 2.55. The number of aryl methyl sites for hydroxylation is 1. The van der Waals surface area contributed by atoms with Crippen molar-refractivity contribution < 1.29 is 19.2 Å². The molecule has 0 radical (unpaired) electrons. The molecule has 126 valence electrons. The lowest BCUT2D eigenvalue weighted by Gasteiger charge is -2.07. The van der Waals surface area contributed by atoms with Crippen LogP contribution in [0.4, 0.5) is 5.69 Å². The predicted molar refractivity (Wildman–Crippen MR) is 82.8 cm³/mol. The van der Waals surface area contributed by atoms with Gasteiger partial charge in [0.2, 0.25) is 12.7 Å². The van der Waals surface area contributed by atoms with Gasteiger partial charge < -0.3 is 14.8 Å². The third-order valence-electron chi connectivity index (χ3n) is 3.75. The molecule has 1 aliphatic rings. The molecule has 0 fully saturated rings. The molecule has 3 rings (SSSR count). The van der Waals surface area contributed by atoms with Crippen LogP contribution in [0.2, 0.25) is 0 Å². The Morgan fingerprint density at radius 1 is 1.38 bits per heavy atom. The Morgan fingerprint density at radius 3 is 2.83 bits per heavy atom. The third-order valence-corrected chi connectivity index (χ3v) is 3.75. The molecule has 1 aromatic heterocycles. The fourth-order valence-corrected chi connectivity index (χ4v) is 2.55. The van der Waals surface area contributed by atoms with Crippen LogP contribution in [0.3, 0.4) is 0 Å². The number of amides is 1. The topological polar surface area (TPSA) is 109 Å². The highest BCUT2D eigenvalue weighted by Gasteiger charge is 2.22. The van der Waals surface area contributed by atoms with E-state index in [0.717, 1.165) is 5.56 Å². The van der Waals surface area contributed by atoms with Gasteiger partial charge in [-0.2, -0.15) is 5.10 Å². The summed E-state index contributed by atoms with van der Waals surface area (Å²) in [6.45, 7) is 3.55. The van der Waals surface area contributed by atoms with E-state index < -0.39 is 4.92 Å². The first-order chi connectivity index (χ1) is 11.5. The van der Waals surface area contributed by atoms with E-state index in [2.05, 4.69) is 10.4 Å². The van der Waals surface area contributed by atoms with Crippen molar-refractivity contribution in [1.29, 1.82) is 0 Å². The molecule has 9 heteroatoms. The van der Waals surface area contributed by atoms with Gasteiger partial charge in [-0.3, -0.25) is 19.6 Å². The Hall–Kier alpha value is -3.10. The quantitative estimate of drug-likeness (QED) is 0.656. The highest BCUT2D eigenvalue weighted by molar-refractivity contribution is 5.75. The van der Waals surface area contributed by atoms with Gasteiger partial charge in [0.1, 0.15) is 17.9 Å². The predicted octanol–water partition coefficient (Wildman–Crippen LogP) is 1.45. The fraction of sp³-hybridized carbons (Fsp3) is 0.333. The molecule has 9 nitrogen and oxygen atoms in total. The second kappa shape index (κ2) is 6.19. The maximum Gasteiger partial charge on any atom is 0.312 e. The molecular formula is C15H16N4O5. The molecule has 0 spiro atoms. The van der Waals surface area contributed by atoms with E-state index in [1.807, 2.05) is 6.07 Å². The Morgan fingerprint density at radius 2 is 2.12 bits per heavy atom. The minimum Gasteiger partial charge on any atom is -0.454 e. The second-order valence-corrected chi connectivity index (χ2v) is 5.40. The molecular weight excluding hydrogens is 316 g/mol. The van der Waals surface area contributed by atoms with Crippen LogP contribution in [0.1, 0.15) is 17.0 Å². The zero-order chi connectivity index (χ0) is 17.3. The normalized spacial score (nSPS) is 12.2. The van der Waals surface area contributed by atoms with Crippen LogP contribution in [0, 0.1) is 24.0 Å². The molecule has 1 amide bonds. The lowest BCUT2D eigenvalue weighted by molar-refractivity contribution is -0.386. The SMILES string of the molecule is Cc1nn(CC(=O)NCc2ccc3c(c2)OCO3)c(C)c1[N+](=O)[O-]. The van der Waals surface area contributed by atoms with Crippen molar-refractivity contribution >= 4 is 11.6 Å². The van der Waals surface area contributed by atoms with Crippen LogP contribution in [0.5, 0.6) is 11.5 Å². The van der Waals surface area contributed by atoms with E-state index in [1.165, 1.54) is 4.68 Å². The molecule has 0 atom stereocenters. The Balaban J connectivity index is 1.62. The molecule has 2 heterocycles. The van der Waals surface area contributed by atoms with Crippen LogP contribution in [-0.2, 0) is 17.9 Å². The number of hydrogen-bond acceptors (Lipinski definition) is 6. The Bertz CT molecular complexity index is 814. The molecule has 0 unspecified atom stereocenters. The number of carbonyl (C=O) groups is 1. The number of nitrogens with one attached hydrogen (secondary N) is 1. The summed E-state index contributed by atoms with van der Waals surface area (Å²) in [6, 6.07) is 5.42. The summed E-state index contributed by atoms with van der Waals surface area (Å²) >= 11 is 0. The number of nitro groups is 1. The average Bonchev–Trinajstić information content (AvgIpc) is 3.09. The summed E-state index contributed by atoms with van der Waals surface area (Å²) in [5, 5.41) is 17.8. The number of benzene rings is 1. The summed E-state index contributed by atoms with van der Waals surface area (Å²) in [5.74, 6) is 1.05. The monoisotopic (exact) mass is 332 g/mol. The number of hydrogen-bond donors (Lipinski definition) is 1. The van der Waals surface area contributed by atoms with Crippen molar-refractivity contribution in [3.05, 3.63) is 45.3 Å². The van der Waals surface area contributed by atoms with E-state index in [-0.39, 0.29) is 24.9 Å². The van der Waals surface area contributed by atoms with E-state index in [4.69, 9.17) is 9.47 Å². The number of fused-ring (bicyclic) bond motifs is 1. The molecule has 0 saturated carbocycles. The molecule has 0 aliphatic carbocycles. The third kappa shape index (κ3) is 3.00. The molecule has 1 aromatic carbocycles. The summed E-state index contributed by atoms with van der Waals surface area (Å²) in [6.07, 6.45) is 0. The van der Waals surface area contributed by atoms with Crippen molar-refractivity contribution in [2.24, 2.45) is 0 Å². The first-order valence-corrected chi connectivity index (χ1v) is 7.29. The zero-order valence-corrected chi connectivity index (χ0v) is 13.2. The minimum atomic E-state index is -0.487. The van der Waals surface area contributed by atoms with Crippen molar-refractivity contribution in [2.75, 3.05) is 6.79 Å². The van der Waals surface area contributed by atoms with E-state index >= 15 is 0 Å². The summed E-state index contributed by atoms with van der Waals surface area (Å²) < 4.78 is 11.8. The van der Waals surface area contributed by atoms with Gasteiger partial charge in [0.15, 0.2) is 11.5 Å². The van der Waals surface area contributed by atoms with E-state index in [0.29, 0.717) is 29.4 Å². The summed E-state index contributed by atoms with van der Waals surface area (Å²) in [7, 11) is 0. The summed E-state index contributed by atoms with van der Waals surface area (Å²) in [5.41, 5.74) is 1.46. The van der Waals surface area contributed by atoms with Gasteiger partial charge in [0, 0.05) is 6.54 Å². The largest absolute Gasteiger partial charge is 0.454 e.